The van der Waals surface area contributed by atoms with Gasteiger partial charge in [0.15, 0.2) is 5.78 Å². The molecule has 1 nitrogen and oxygen atoms in total. The number of aryl methyl sites for hydroxylation is 1. The fourth-order valence-corrected chi connectivity index (χ4v) is 1.36. The van der Waals surface area contributed by atoms with Gasteiger partial charge in [-0.3, -0.25) is 4.79 Å². The summed E-state index contributed by atoms with van der Waals surface area (Å²) >= 11 is 0. The Morgan fingerprint density at radius 3 is 2.44 bits per heavy atom. The number of hydrogen-bond donors (Lipinski definition) is 0. The molecule has 0 aliphatic heterocycles. The van der Waals surface area contributed by atoms with Gasteiger partial charge in [-0.1, -0.05) is 55.0 Å². The van der Waals surface area contributed by atoms with Gasteiger partial charge in [0.05, 0.1) is 0 Å². The maximum Gasteiger partial charge on any atom is 0.188 e. The fourth-order valence-electron chi connectivity index (χ4n) is 1.36. The van der Waals surface area contributed by atoms with Crippen LogP contribution in [0.3, 0.4) is 0 Å². The lowest BCUT2D eigenvalue weighted by molar-refractivity contribution is 0.103. The molecule has 1 rings (SSSR count). The highest BCUT2D eigenvalue weighted by Crippen LogP contribution is 2.09. The van der Waals surface area contributed by atoms with Crippen LogP contribution in [-0.2, 0) is 0 Å². The molecule has 0 aromatic heterocycles. The van der Waals surface area contributed by atoms with E-state index in [0.717, 1.165) is 17.6 Å². The second-order valence-corrected chi connectivity index (χ2v) is 3.88. The molecule has 0 N–H and O–H groups in total. The van der Waals surface area contributed by atoms with Gasteiger partial charge in [-0.15, -0.1) is 0 Å². The van der Waals surface area contributed by atoms with Crippen LogP contribution in [0.4, 0.5) is 0 Å². The average Bonchev–Trinajstić information content (AvgIpc) is 2.29. The van der Waals surface area contributed by atoms with Crippen LogP contribution < -0.4 is 0 Å². The number of ketones is 1. The maximum atomic E-state index is 11.9. The molecule has 84 valence electrons. The second-order valence-electron chi connectivity index (χ2n) is 3.88. The predicted octanol–water partition coefficient (Wildman–Crippen LogP) is 4.09. The van der Waals surface area contributed by atoms with Crippen molar-refractivity contribution in [2.75, 3.05) is 0 Å². The highest BCUT2D eigenvalue weighted by molar-refractivity contribution is 6.08. The van der Waals surface area contributed by atoms with Crippen molar-refractivity contribution in [2.45, 2.75) is 27.2 Å². The number of benzene rings is 1. The van der Waals surface area contributed by atoms with Crippen molar-refractivity contribution < 1.29 is 4.79 Å². The lowest BCUT2D eigenvalue weighted by Gasteiger charge is -2.00. The third kappa shape index (κ3) is 3.50. The summed E-state index contributed by atoms with van der Waals surface area (Å²) in [5.41, 5.74) is 2.70. The summed E-state index contributed by atoms with van der Waals surface area (Å²) in [5, 5.41) is 0. The highest BCUT2D eigenvalue weighted by Gasteiger charge is 2.06. The quantitative estimate of drug-likeness (QED) is 0.419. The van der Waals surface area contributed by atoms with Crippen molar-refractivity contribution in [1.82, 2.24) is 0 Å². The van der Waals surface area contributed by atoms with Crippen LogP contribution in [0, 0.1) is 6.92 Å². The van der Waals surface area contributed by atoms with Crippen LogP contribution in [-0.4, -0.2) is 5.78 Å². The minimum Gasteiger partial charge on any atom is -0.289 e. The molecular formula is C15H18O. The molecule has 0 saturated carbocycles. The van der Waals surface area contributed by atoms with Gasteiger partial charge in [0.2, 0.25) is 0 Å². The van der Waals surface area contributed by atoms with Crippen molar-refractivity contribution in [2.24, 2.45) is 0 Å². The normalized spacial score (nSPS) is 12.1. The van der Waals surface area contributed by atoms with E-state index in [0.29, 0.717) is 0 Å². The molecule has 16 heavy (non-hydrogen) atoms. The molecule has 0 aliphatic rings. The molecule has 1 heteroatoms. The first kappa shape index (κ1) is 12.4. The summed E-state index contributed by atoms with van der Waals surface area (Å²) in [6.07, 6.45) is 6.82. The maximum absolute atomic E-state index is 11.9. The van der Waals surface area contributed by atoms with E-state index in [1.165, 1.54) is 5.56 Å². The number of Topliss-reactive ketones (excluding diaryl/α,β-unsaturated/α-hetero) is 1. The summed E-state index contributed by atoms with van der Waals surface area (Å²) in [4.78, 5) is 11.9. The molecule has 0 radical (unpaired) electrons. The average molecular weight is 214 g/mol. The molecule has 0 spiro atoms. The van der Waals surface area contributed by atoms with Gasteiger partial charge < -0.3 is 0 Å². The Morgan fingerprint density at radius 1 is 1.25 bits per heavy atom. The first-order valence-corrected chi connectivity index (χ1v) is 5.60. The van der Waals surface area contributed by atoms with E-state index >= 15 is 0 Å². The summed E-state index contributed by atoms with van der Waals surface area (Å²) in [7, 11) is 0. The number of rotatable bonds is 4. The zero-order valence-corrected chi connectivity index (χ0v) is 10.2. The van der Waals surface area contributed by atoms with Crippen LogP contribution in [0.5, 0.6) is 0 Å². The third-order valence-electron chi connectivity index (χ3n) is 2.39. The van der Waals surface area contributed by atoms with Crippen molar-refractivity contribution >= 4 is 5.78 Å². The molecule has 0 amide bonds. The van der Waals surface area contributed by atoms with E-state index in [4.69, 9.17) is 0 Å². The predicted molar refractivity (Wildman–Crippen MR) is 68.7 cm³/mol. The lowest BCUT2D eigenvalue weighted by Crippen LogP contribution is -2.00. The standard InChI is InChI=1S/C15H18O/c1-4-5-6-7-13(3)15(16)14-10-8-12(2)9-11-14/h5-11H,4H2,1-3H3/b6-5-,13-7+. The zero-order chi connectivity index (χ0) is 12.0. The summed E-state index contributed by atoms with van der Waals surface area (Å²) in [6.45, 7) is 5.94. The van der Waals surface area contributed by atoms with E-state index < -0.39 is 0 Å². The Bertz CT molecular complexity index is 408. The number of allylic oxidation sites excluding steroid dienone is 4. The first-order chi connectivity index (χ1) is 7.65. The highest BCUT2D eigenvalue weighted by atomic mass is 16.1. The Hall–Kier alpha value is -1.63. The second kappa shape index (κ2) is 6.06. The Kier molecular flexibility index (Phi) is 4.71. The number of carbonyl (C=O) groups excluding carboxylic acids is 1. The van der Waals surface area contributed by atoms with Crippen molar-refractivity contribution in [3.8, 4) is 0 Å². The van der Waals surface area contributed by atoms with E-state index in [-0.39, 0.29) is 5.78 Å². The minimum atomic E-state index is 0.0979. The van der Waals surface area contributed by atoms with E-state index in [1.54, 1.807) is 0 Å². The molecule has 0 fully saturated rings. The Morgan fingerprint density at radius 2 is 1.88 bits per heavy atom. The summed E-state index contributed by atoms with van der Waals surface area (Å²) in [5.74, 6) is 0.0979. The number of hydrogen-bond acceptors (Lipinski definition) is 1. The largest absolute Gasteiger partial charge is 0.289 e. The van der Waals surface area contributed by atoms with E-state index in [2.05, 4.69) is 6.92 Å². The Labute approximate surface area is 97.5 Å². The van der Waals surface area contributed by atoms with E-state index in [1.807, 2.05) is 56.3 Å². The van der Waals surface area contributed by atoms with Gasteiger partial charge in [-0.05, 0) is 25.8 Å². The van der Waals surface area contributed by atoms with Crippen LogP contribution in [0.25, 0.3) is 0 Å². The van der Waals surface area contributed by atoms with Crippen LogP contribution >= 0.6 is 0 Å². The van der Waals surface area contributed by atoms with Gasteiger partial charge in [0.1, 0.15) is 0 Å². The molecule has 0 bridgehead atoms. The minimum absolute atomic E-state index is 0.0979. The van der Waals surface area contributed by atoms with Crippen LogP contribution in [0.1, 0.15) is 36.2 Å². The molecular weight excluding hydrogens is 196 g/mol. The molecule has 1 aromatic carbocycles. The molecule has 0 heterocycles. The molecule has 0 aliphatic carbocycles. The molecule has 0 atom stereocenters. The monoisotopic (exact) mass is 214 g/mol. The molecule has 0 saturated heterocycles. The SMILES string of the molecule is CC/C=C\C=C(/C)C(=O)c1ccc(C)cc1. The molecule has 1 aromatic rings. The van der Waals surface area contributed by atoms with Gasteiger partial charge in [0, 0.05) is 5.56 Å². The van der Waals surface area contributed by atoms with Crippen molar-refractivity contribution in [1.29, 1.82) is 0 Å². The van der Waals surface area contributed by atoms with Crippen molar-refractivity contribution in [3.63, 3.8) is 0 Å². The van der Waals surface area contributed by atoms with Crippen molar-refractivity contribution in [3.05, 3.63) is 59.2 Å². The number of carbonyl (C=O) groups is 1. The molecule has 0 unspecified atom stereocenters. The first-order valence-electron chi connectivity index (χ1n) is 5.60. The van der Waals surface area contributed by atoms with Gasteiger partial charge in [-0.2, -0.15) is 0 Å². The summed E-state index contributed by atoms with van der Waals surface area (Å²) in [6, 6.07) is 7.67. The van der Waals surface area contributed by atoms with Crippen LogP contribution in [0.15, 0.2) is 48.1 Å². The van der Waals surface area contributed by atoms with Crippen LogP contribution in [0.2, 0.25) is 0 Å². The van der Waals surface area contributed by atoms with E-state index in [9.17, 15) is 4.79 Å². The third-order valence-corrected chi connectivity index (χ3v) is 2.39. The van der Waals surface area contributed by atoms with Gasteiger partial charge in [0.25, 0.3) is 0 Å². The van der Waals surface area contributed by atoms with Gasteiger partial charge >= 0.3 is 0 Å². The Balaban J connectivity index is 2.82. The van der Waals surface area contributed by atoms with Gasteiger partial charge in [-0.25, -0.2) is 0 Å². The fraction of sp³-hybridized carbons (Fsp3) is 0.267. The summed E-state index contributed by atoms with van der Waals surface area (Å²) < 4.78 is 0. The lowest BCUT2D eigenvalue weighted by atomic mass is 10.0. The topological polar surface area (TPSA) is 17.1 Å². The smallest absolute Gasteiger partial charge is 0.188 e. The zero-order valence-electron chi connectivity index (χ0n) is 10.2.